The molecule has 1 aliphatic heterocycles. The largest absolute Gasteiger partial charge is 0.508 e. The molecule has 2 aromatic carbocycles. The molecular weight excluding hydrogens is 378 g/mol. The molecule has 0 atom stereocenters. The number of benzene rings is 2. The molecule has 3 aromatic rings. The fourth-order valence-electron chi connectivity index (χ4n) is 4.08. The Hall–Kier alpha value is -2.96. The molecule has 6 heteroatoms. The Morgan fingerprint density at radius 2 is 1.97 bits per heavy atom. The fourth-order valence-corrected chi connectivity index (χ4v) is 4.08. The lowest BCUT2D eigenvalue weighted by Gasteiger charge is -2.32. The van der Waals surface area contributed by atoms with Gasteiger partial charge in [0.2, 0.25) is 0 Å². The van der Waals surface area contributed by atoms with Crippen molar-refractivity contribution in [2.45, 2.75) is 31.9 Å². The summed E-state index contributed by atoms with van der Waals surface area (Å²) in [7, 11) is 0. The van der Waals surface area contributed by atoms with Crippen LogP contribution in [0.3, 0.4) is 0 Å². The first-order valence-electron chi connectivity index (χ1n) is 10.4. The summed E-state index contributed by atoms with van der Waals surface area (Å²) in [4.78, 5) is 19.1. The Labute approximate surface area is 176 Å². The highest BCUT2D eigenvalue weighted by atomic mass is 16.3. The summed E-state index contributed by atoms with van der Waals surface area (Å²) in [5, 5.41) is 23.6. The molecule has 156 valence electrons. The van der Waals surface area contributed by atoms with Crippen LogP contribution in [0.2, 0.25) is 0 Å². The highest BCUT2D eigenvalue weighted by Gasteiger charge is 2.21. The molecule has 1 aliphatic rings. The van der Waals surface area contributed by atoms with E-state index < -0.39 is 0 Å². The minimum atomic E-state index is -0.116. The van der Waals surface area contributed by atoms with Crippen LogP contribution in [-0.4, -0.2) is 51.6 Å². The highest BCUT2D eigenvalue weighted by Crippen LogP contribution is 2.24. The van der Waals surface area contributed by atoms with Gasteiger partial charge in [0, 0.05) is 48.4 Å². The SMILES string of the molecule is O=C(Cc1ccc2ncccc2c1)CN1CCC(Nc2ccc(O)cc2CO)CC1. The van der Waals surface area contributed by atoms with Gasteiger partial charge in [-0.1, -0.05) is 12.1 Å². The zero-order chi connectivity index (χ0) is 20.9. The van der Waals surface area contributed by atoms with E-state index in [0.29, 0.717) is 24.6 Å². The molecule has 1 saturated heterocycles. The third-order valence-corrected chi connectivity index (χ3v) is 5.68. The number of aromatic nitrogens is 1. The zero-order valence-electron chi connectivity index (χ0n) is 16.9. The van der Waals surface area contributed by atoms with Crippen LogP contribution in [0, 0.1) is 0 Å². The number of hydrogen-bond donors (Lipinski definition) is 3. The molecule has 0 saturated carbocycles. The van der Waals surface area contributed by atoms with Crippen LogP contribution < -0.4 is 5.32 Å². The van der Waals surface area contributed by atoms with Gasteiger partial charge in [0.15, 0.2) is 5.78 Å². The van der Waals surface area contributed by atoms with E-state index in [9.17, 15) is 15.0 Å². The number of aromatic hydroxyl groups is 1. The van der Waals surface area contributed by atoms with Crippen LogP contribution in [0.4, 0.5) is 5.69 Å². The Morgan fingerprint density at radius 3 is 2.77 bits per heavy atom. The molecule has 1 aromatic heterocycles. The third-order valence-electron chi connectivity index (χ3n) is 5.68. The molecule has 1 fully saturated rings. The molecule has 0 spiro atoms. The van der Waals surface area contributed by atoms with Crippen LogP contribution in [-0.2, 0) is 17.8 Å². The summed E-state index contributed by atoms with van der Waals surface area (Å²) < 4.78 is 0. The number of aliphatic hydroxyl groups excluding tert-OH is 1. The predicted molar refractivity (Wildman–Crippen MR) is 118 cm³/mol. The quantitative estimate of drug-likeness (QED) is 0.524. The number of phenolic OH excluding ortho intramolecular Hbond substituents is 1. The van der Waals surface area contributed by atoms with E-state index in [1.54, 1.807) is 24.4 Å². The number of nitrogens with zero attached hydrogens (tertiary/aromatic N) is 2. The molecule has 0 unspecified atom stereocenters. The normalized spacial score (nSPS) is 15.4. The lowest BCUT2D eigenvalue weighted by Crippen LogP contribution is -2.41. The van der Waals surface area contributed by atoms with Crippen molar-refractivity contribution in [1.29, 1.82) is 0 Å². The number of phenols is 1. The summed E-state index contributed by atoms with van der Waals surface area (Å²) >= 11 is 0. The van der Waals surface area contributed by atoms with Gasteiger partial charge in [0.05, 0.1) is 18.7 Å². The molecule has 3 N–H and O–H groups in total. The number of likely N-dealkylation sites (tertiary alicyclic amines) is 1. The van der Waals surface area contributed by atoms with Crippen molar-refractivity contribution in [3.05, 3.63) is 65.9 Å². The van der Waals surface area contributed by atoms with Crippen molar-refractivity contribution in [3.63, 3.8) is 0 Å². The molecule has 0 aliphatic carbocycles. The predicted octanol–water partition coefficient (Wildman–Crippen LogP) is 3.12. The van der Waals surface area contributed by atoms with Gasteiger partial charge in [-0.25, -0.2) is 0 Å². The Balaban J connectivity index is 1.27. The number of carbonyl (C=O) groups is 1. The number of fused-ring (bicyclic) bond motifs is 1. The molecule has 4 rings (SSSR count). The Morgan fingerprint density at radius 1 is 1.13 bits per heavy atom. The van der Waals surface area contributed by atoms with Crippen molar-refractivity contribution in [1.82, 2.24) is 9.88 Å². The summed E-state index contributed by atoms with van der Waals surface area (Å²) in [6, 6.07) is 15.2. The van der Waals surface area contributed by atoms with Crippen molar-refractivity contribution in [3.8, 4) is 5.75 Å². The number of ketones is 1. The molecule has 30 heavy (non-hydrogen) atoms. The summed E-state index contributed by atoms with van der Waals surface area (Å²) in [5.41, 5.74) is 3.52. The second kappa shape index (κ2) is 9.24. The van der Waals surface area contributed by atoms with Gasteiger partial charge >= 0.3 is 0 Å². The van der Waals surface area contributed by atoms with Crippen molar-refractivity contribution >= 4 is 22.4 Å². The highest BCUT2D eigenvalue weighted by molar-refractivity contribution is 5.85. The maximum absolute atomic E-state index is 12.6. The smallest absolute Gasteiger partial charge is 0.151 e. The minimum absolute atomic E-state index is 0.116. The minimum Gasteiger partial charge on any atom is -0.508 e. The molecular formula is C24H27N3O3. The number of anilines is 1. The van der Waals surface area contributed by atoms with Crippen LogP contribution in [0.15, 0.2) is 54.7 Å². The summed E-state index contributed by atoms with van der Waals surface area (Å²) in [5.74, 6) is 0.381. The second-order valence-electron chi connectivity index (χ2n) is 7.94. The monoisotopic (exact) mass is 405 g/mol. The average Bonchev–Trinajstić information content (AvgIpc) is 2.76. The number of nitrogens with one attached hydrogen (secondary N) is 1. The van der Waals surface area contributed by atoms with E-state index in [4.69, 9.17) is 0 Å². The van der Waals surface area contributed by atoms with Crippen molar-refractivity contribution < 1.29 is 15.0 Å². The van der Waals surface area contributed by atoms with Crippen molar-refractivity contribution in [2.24, 2.45) is 0 Å². The average molecular weight is 405 g/mol. The van der Waals surface area contributed by atoms with Crippen LogP contribution in [0.5, 0.6) is 5.75 Å². The molecule has 0 radical (unpaired) electrons. The molecule has 0 bridgehead atoms. The van der Waals surface area contributed by atoms with E-state index in [0.717, 1.165) is 48.1 Å². The van der Waals surface area contributed by atoms with Gasteiger partial charge in [-0.2, -0.15) is 0 Å². The number of pyridine rings is 1. The number of Topliss-reactive ketones (excluding diaryl/α,β-unsaturated/α-hetero) is 1. The number of piperidine rings is 1. The topological polar surface area (TPSA) is 85.7 Å². The molecule has 6 nitrogen and oxygen atoms in total. The number of rotatable bonds is 7. The maximum Gasteiger partial charge on any atom is 0.151 e. The van der Waals surface area contributed by atoms with E-state index >= 15 is 0 Å². The lowest BCUT2D eigenvalue weighted by atomic mass is 10.0. The molecule has 2 heterocycles. The Bertz CT molecular complexity index is 1030. The zero-order valence-corrected chi connectivity index (χ0v) is 16.9. The van der Waals surface area contributed by atoms with Gasteiger partial charge < -0.3 is 15.5 Å². The van der Waals surface area contributed by atoms with Gasteiger partial charge in [-0.05, 0) is 54.8 Å². The van der Waals surface area contributed by atoms with Gasteiger partial charge in [0.25, 0.3) is 0 Å². The van der Waals surface area contributed by atoms with E-state index in [2.05, 4.69) is 15.2 Å². The first kappa shape index (κ1) is 20.3. The van der Waals surface area contributed by atoms with E-state index in [1.807, 2.05) is 30.3 Å². The van der Waals surface area contributed by atoms with E-state index in [-0.39, 0.29) is 18.1 Å². The van der Waals surface area contributed by atoms with Gasteiger partial charge in [-0.15, -0.1) is 0 Å². The van der Waals surface area contributed by atoms with Crippen LogP contribution in [0.25, 0.3) is 10.9 Å². The van der Waals surface area contributed by atoms with Crippen LogP contribution >= 0.6 is 0 Å². The first-order chi connectivity index (χ1) is 14.6. The van der Waals surface area contributed by atoms with Crippen molar-refractivity contribution in [2.75, 3.05) is 25.0 Å². The number of carbonyl (C=O) groups excluding carboxylic acids is 1. The number of aliphatic hydroxyl groups is 1. The van der Waals surface area contributed by atoms with Gasteiger partial charge in [-0.3, -0.25) is 14.7 Å². The Kier molecular flexibility index (Phi) is 6.26. The standard InChI is InChI=1S/C24H27N3O3/c28-16-19-14-21(29)4-6-24(19)26-20-7-10-27(11-8-20)15-22(30)13-17-3-5-23-18(12-17)2-1-9-25-23/h1-6,9,12,14,20,26,28-29H,7-8,10-11,13,15-16H2. The number of hydrogen-bond acceptors (Lipinski definition) is 6. The fraction of sp³-hybridized carbons (Fsp3) is 0.333. The maximum atomic E-state index is 12.6. The van der Waals surface area contributed by atoms with Crippen LogP contribution in [0.1, 0.15) is 24.0 Å². The van der Waals surface area contributed by atoms with Gasteiger partial charge in [0.1, 0.15) is 5.75 Å². The van der Waals surface area contributed by atoms with E-state index in [1.165, 1.54) is 0 Å². The lowest BCUT2D eigenvalue weighted by molar-refractivity contribution is -0.119. The third kappa shape index (κ3) is 4.96. The first-order valence-corrected chi connectivity index (χ1v) is 10.4. The summed E-state index contributed by atoms with van der Waals surface area (Å²) in [6.07, 6.45) is 4.08. The second-order valence-corrected chi connectivity index (χ2v) is 7.94. The summed E-state index contributed by atoms with van der Waals surface area (Å²) in [6.45, 7) is 2.07. The molecule has 0 amide bonds.